The van der Waals surface area contributed by atoms with E-state index in [1.165, 1.54) is 16.9 Å². The molecule has 0 bridgehead atoms. The molecule has 0 atom stereocenters. The summed E-state index contributed by atoms with van der Waals surface area (Å²) in [5, 5.41) is 3.39. The maximum absolute atomic E-state index is 12.1. The van der Waals surface area contributed by atoms with E-state index < -0.39 is 0 Å². The molecule has 0 aliphatic heterocycles. The lowest BCUT2D eigenvalue weighted by molar-refractivity contribution is -0.116. The van der Waals surface area contributed by atoms with Crippen LogP contribution in [0.2, 0.25) is 0 Å². The van der Waals surface area contributed by atoms with E-state index in [9.17, 15) is 9.59 Å². The summed E-state index contributed by atoms with van der Waals surface area (Å²) in [5.74, 6) is -0.209. The van der Waals surface area contributed by atoms with E-state index in [-0.39, 0.29) is 24.5 Å². The Morgan fingerprint density at radius 2 is 1.72 bits per heavy atom. The molecule has 4 nitrogen and oxygen atoms in total. The first-order chi connectivity index (χ1) is 11.9. The first-order valence-electron chi connectivity index (χ1n) is 8.20. The number of aromatic nitrogens is 1. The van der Waals surface area contributed by atoms with Crippen LogP contribution >= 0.6 is 11.3 Å². The van der Waals surface area contributed by atoms with Gasteiger partial charge in [-0.05, 0) is 38.0 Å². The zero-order chi connectivity index (χ0) is 18.0. The van der Waals surface area contributed by atoms with E-state index in [1.807, 2.05) is 32.9 Å². The number of hydrogen-bond acceptors (Lipinski definition) is 4. The Morgan fingerprint density at radius 1 is 1.00 bits per heavy atom. The van der Waals surface area contributed by atoms with Gasteiger partial charge in [0.25, 0.3) is 0 Å². The number of amides is 1. The molecule has 1 amide bonds. The van der Waals surface area contributed by atoms with E-state index in [0.717, 1.165) is 21.3 Å². The second-order valence-electron chi connectivity index (χ2n) is 6.28. The quantitative estimate of drug-likeness (QED) is 0.670. The average molecular weight is 352 g/mol. The minimum absolute atomic E-state index is 0.0223. The second kappa shape index (κ2) is 7.15. The molecule has 3 aromatic rings. The Labute approximate surface area is 150 Å². The largest absolute Gasteiger partial charge is 0.302 e. The van der Waals surface area contributed by atoms with Crippen molar-refractivity contribution in [2.24, 2.45) is 0 Å². The lowest BCUT2D eigenvalue weighted by atomic mass is 10.1. The number of hydrogen-bond donors (Lipinski definition) is 1. The lowest BCUT2D eigenvalue weighted by Gasteiger charge is -2.02. The topological polar surface area (TPSA) is 59.1 Å². The van der Waals surface area contributed by atoms with Gasteiger partial charge < -0.3 is 5.32 Å². The number of fused-ring (bicyclic) bond motifs is 1. The van der Waals surface area contributed by atoms with Gasteiger partial charge in [0, 0.05) is 18.4 Å². The van der Waals surface area contributed by atoms with Crippen LogP contribution in [-0.2, 0) is 4.79 Å². The maximum Gasteiger partial charge on any atom is 0.226 e. The number of carbonyl (C=O) groups excluding carboxylic acids is 2. The third kappa shape index (κ3) is 4.12. The number of anilines is 1. The SMILES string of the molecule is Cc1ccc(C(=O)CCC(=O)Nc2nc3c(C)cc(C)cc3s2)cc1. The van der Waals surface area contributed by atoms with Crippen molar-refractivity contribution in [1.82, 2.24) is 4.98 Å². The zero-order valence-electron chi connectivity index (χ0n) is 14.6. The molecule has 128 valence electrons. The summed E-state index contributed by atoms with van der Waals surface area (Å²) in [6.45, 7) is 6.03. The standard InChI is InChI=1S/C20H20N2O2S/c1-12-4-6-15(7-5-12)16(23)8-9-18(24)21-20-22-19-14(3)10-13(2)11-17(19)25-20/h4-7,10-11H,8-9H2,1-3H3,(H,21,22,24). The molecule has 3 rings (SSSR count). The molecular formula is C20H20N2O2S. The number of rotatable bonds is 5. The van der Waals surface area contributed by atoms with Crippen LogP contribution in [0.25, 0.3) is 10.2 Å². The fourth-order valence-corrected chi connectivity index (χ4v) is 3.77. The van der Waals surface area contributed by atoms with Gasteiger partial charge in [0.15, 0.2) is 10.9 Å². The van der Waals surface area contributed by atoms with Gasteiger partial charge in [-0.15, -0.1) is 0 Å². The molecule has 25 heavy (non-hydrogen) atoms. The van der Waals surface area contributed by atoms with Gasteiger partial charge in [0.1, 0.15) is 0 Å². The maximum atomic E-state index is 12.1. The zero-order valence-corrected chi connectivity index (χ0v) is 15.4. The van der Waals surface area contributed by atoms with Crippen LogP contribution in [0.5, 0.6) is 0 Å². The number of benzene rings is 2. The number of nitrogens with zero attached hydrogens (tertiary/aromatic N) is 1. The molecule has 1 aromatic heterocycles. The summed E-state index contributed by atoms with van der Waals surface area (Å²) in [6, 6.07) is 11.5. The van der Waals surface area contributed by atoms with Crippen LogP contribution in [0.15, 0.2) is 36.4 Å². The molecule has 0 aliphatic carbocycles. The van der Waals surface area contributed by atoms with Crippen LogP contribution in [0, 0.1) is 20.8 Å². The van der Waals surface area contributed by atoms with Gasteiger partial charge in [0.2, 0.25) is 5.91 Å². The molecule has 0 radical (unpaired) electrons. The normalized spacial score (nSPS) is 10.8. The summed E-state index contributed by atoms with van der Waals surface area (Å²) >= 11 is 1.46. The highest BCUT2D eigenvalue weighted by molar-refractivity contribution is 7.22. The molecule has 1 N–H and O–H groups in total. The third-order valence-corrected chi connectivity index (χ3v) is 4.95. The van der Waals surface area contributed by atoms with Gasteiger partial charge in [0.05, 0.1) is 10.2 Å². The van der Waals surface area contributed by atoms with Crippen molar-refractivity contribution in [1.29, 1.82) is 0 Å². The van der Waals surface area contributed by atoms with Crippen LogP contribution < -0.4 is 5.32 Å². The summed E-state index contributed by atoms with van der Waals surface area (Å²) in [4.78, 5) is 28.8. The highest BCUT2D eigenvalue weighted by Gasteiger charge is 2.12. The fraction of sp³-hybridized carbons (Fsp3) is 0.250. The summed E-state index contributed by atoms with van der Waals surface area (Å²) < 4.78 is 1.06. The number of aryl methyl sites for hydroxylation is 3. The van der Waals surface area contributed by atoms with Crippen LogP contribution in [-0.4, -0.2) is 16.7 Å². The minimum Gasteiger partial charge on any atom is -0.302 e. The van der Waals surface area contributed by atoms with Crippen molar-refractivity contribution >= 4 is 38.4 Å². The molecule has 0 unspecified atom stereocenters. The highest BCUT2D eigenvalue weighted by Crippen LogP contribution is 2.29. The Balaban J connectivity index is 1.62. The van der Waals surface area contributed by atoms with E-state index in [2.05, 4.69) is 22.4 Å². The van der Waals surface area contributed by atoms with Gasteiger partial charge in [-0.2, -0.15) is 0 Å². The molecule has 1 heterocycles. The number of ketones is 1. The molecule has 0 saturated heterocycles. The van der Waals surface area contributed by atoms with Crippen LogP contribution in [0.4, 0.5) is 5.13 Å². The van der Waals surface area contributed by atoms with Crippen molar-refractivity contribution in [2.75, 3.05) is 5.32 Å². The number of thiazole rings is 1. The number of carbonyl (C=O) groups is 2. The monoisotopic (exact) mass is 352 g/mol. The summed E-state index contributed by atoms with van der Waals surface area (Å²) in [5.41, 5.74) is 4.94. The predicted molar refractivity (Wildman–Crippen MR) is 102 cm³/mol. The molecule has 0 fully saturated rings. The van der Waals surface area contributed by atoms with Gasteiger partial charge in [-0.3, -0.25) is 9.59 Å². The second-order valence-corrected chi connectivity index (χ2v) is 7.32. The predicted octanol–water partition coefficient (Wildman–Crippen LogP) is 4.82. The van der Waals surface area contributed by atoms with Gasteiger partial charge >= 0.3 is 0 Å². The van der Waals surface area contributed by atoms with Crippen molar-refractivity contribution in [3.8, 4) is 0 Å². The van der Waals surface area contributed by atoms with Gasteiger partial charge in [-0.1, -0.05) is 47.2 Å². The molecule has 0 saturated carbocycles. The Kier molecular flexibility index (Phi) is 4.95. The molecule has 2 aromatic carbocycles. The first kappa shape index (κ1) is 17.3. The Hall–Kier alpha value is -2.53. The average Bonchev–Trinajstić information content (AvgIpc) is 2.96. The Bertz CT molecular complexity index is 942. The lowest BCUT2D eigenvalue weighted by Crippen LogP contribution is -2.13. The van der Waals surface area contributed by atoms with E-state index in [0.29, 0.717) is 10.7 Å². The fourth-order valence-electron chi connectivity index (χ4n) is 2.72. The first-order valence-corrected chi connectivity index (χ1v) is 9.01. The Morgan fingerprint density at radius 3 is 2.44 bits per heavy atom. The van der Waals surface area contributed by atoms with Crippen molar-refractivity contribution in [2.45, 2.75) is 33.6 Å². The van der Waals surface area contributed by atoms with Crippen LogP contribution in [0.1, 0.15) is 39.9 Å². The van der Waals surface area contributed by atoms with Gasteiger partial charge in [-0.25, -0.2) is 4.98 Å². The molecular weight excluding hydrogens is 332 g/mol. The third-order valence-electron chi connectivity index (χ3n) is 4.03. The van der Waals surface area contributed by atoms with Crippen LogP contribution in [0.3, 0.4) is 0 Å². The molecule has 0 aliphatic rings. The smallest absolute Gasteiger partial charge is 0.226 e. The summed E-state index contributed by atoms with van der Waals surface area (Å²) in [7, 11) is 0. The summed E-state index contributed by atoms with van der Waals surface area (Å²) in [6.07, 6.45) is 0.346. The van der Waals surface area contributed by atoms with Crippen molar-refractivity contribution in [3.05, 3.63) is 58.7 Å². The highest BCUT2D eigenvalue weighted by atomic mass is 32.1. The van der Waals surface area contributed by atoms with E-state index >= 15 is 0 Å². The minimum atomic E-state index is -0.186. The van der Waals surface area contributed by atoms with E-state index in [4.69, 9.17) is 0 Å². The molecule has 0 spiro atoms. The molecule has 5 heteroatoms. The number of nitrogens with one attached hydrogen (secondary N) is 1. The van der Waals surface area contributed by atoms with E-state index in [1.54, 1.807) is 12.1 Å². The van der Waals surface area contributed by atoms with Crippen molar-refractivity contribution < 1.29 is 9.59 Å². The van der Waals surface area contributed by atoms with Crippen molar-refractivity contribution in [3.63, 3.8) is 0 Å². The number of Topliss-reactive ketones (excluding diaryl/α,β-unsaturated/α-hetero) is 1.